The highest BCUT2D eigenvalue weighted by Gasteiger charge is 2.11. The summed E-state index contributed by atoms with van der Waals surface area (Å²) in [5, 5.41) is 15.4. The van der Waals surface area contributed by atoms with Crippen molar-refractivity contribution in [2.75, 3.05) is 16.4 Å². The minimum Gasteiger partial charge on any atom is -0.356 e. The molecule has 0 aliphatic carbocycles. The molecule has 8 heteroatoms. The standard InChI is InChI=1S/C23H20N4OS3/c28-21(25-19-13-7-8-14-20(19)30-18-11-5-2-6-12-18)16-29-23-27-26-22(31-23)24-15-17-9-3-1-4-10-17/h1-14H,15-16H2,(H,24,26)(H,25,28). The molecule has 5 nitrogen and oxygen atoms in total. The second-order valence-electron chi connectivity index (χ2n) is 6.46. The van der Waals surface area contributed by atoms with Crippen LogP contribution in [0.5, 0.6) is 0 Å². The van der Waals surface area contributed by atoms with E-state index in [9.17, 15) is 4.79 Å². The summed E-state index contributed by atoms with van der Waals surface area (Å²) >= 11 is 4.46. The predicted octanol–water partition coefficient (Wildman–Crippen LogP) is 6.03. The van der Waals surface area contributed by atoms with Crippen molar-refractivity contribution in [1.82, 2.24) is 10.2 Å². The average Bonchev–Trinajstić information content (AvgIpc) is 3.27. The average molecular weight is 465 g/mol. The summed E-state index contributed by atoms with van der Waals surface area (Å²) in [4.78, 5) is 14.6. The molecule has 156 valence electrons. The largest absolute Gasteiger partial charge is 0.356 e. The Balaban J connectivity index is 1.29. The van der Waals surface area contributed by atoms with Gasteiger partial charge in [-0.1, -0.05) is 95.5 Å². The number of para-hydroxylation sites is 1. The van der Waals surface area contributed by atoms with Crippen molar-refractivity contribution in [2.24, 2.45) is 0 Å². The Morgan fingerprint density at radius 3 is 2.39 bits per heavy atom. The zero-order chi connectivity index (χ0) is 21.3. The van der Waals surface area contributed by atoms with Gasteiger partial charge < -0.3 is 10.6 Å². The maximum absolute atomic E-state index is 12.5. The minimum atomic E-state index is -0.0693. The molecule has 1 heterocycles. The van der Waals surface area contributed by atoms with Crippen LogP contribution in [-0.2, 0) is 11.3 Å². The van der Waals surface area contributed by atoms with E-state index in [1.807, 2.05) is 60.7 Å². The van der Waals surface area contributed by atoms with Crippen LogP contribution in [0.4, 0.5) is 10.8 Å². The Hall–Kier alpha value is -2.81. The summed E-state index contributed by atoms with van der Waals surface area (Å²) in [6.45, 7) is 0.691. The molecule has 4 rings (SSSR count). The molecule has 4 aromatic rings. The zero-order valence-electron chi connectivity index (χ0n) is 16.5. The lowest BCUT2D eigenvalue weighted by Gasteiger charge is -2.10. The summed E-state index contributed by atoms with van der Waals surface area (Å²) in [5.74, 6) is 0.206. The minimum absolute atomic E-state index is 0.0693. The van der Waals surface area contributed by atoms with E-state index in [0.717, 1.165) is 24.9 Å². The molecule has 0 fully saturated rings. The van der Waals surface area contributed by atoms with Gasteiger partial charge in [-0.2, -0.15) is 0 Å². The van der Waals surface area contributed by atoms with Gasteiger partial charge in [0.2, 0.25) is 11.0 Å². The molecule has 0 atom stereocenters. The fourth-order valence-electron chi connectivity index (χ4n) is 2.70. The molecule has 0 aliphatic heterocycles. The maximum atomic E-state index is 12.5. The Kier molecular flexibility index (Phi) is 7.60. The van der Waals surface area contributed by atoms with Gasteiger partial charge in [0.05, 0.1) is 11.4 Å². The van der Waals surface area contributed by atoms with Gasteiger partial charge in [-0.15, -0.1) is 10.2 Å². The molecule has 3 aromatic carbocycles. The second-order valence-corrected chi connectivity index (χ2v) is 9.78. The second kappa shape index (κ2) is 11.0. The van der Waals surface area contributed by atoms with Gasteiger partial charge in [0.25, 0.3) is 0 Å². The lowest BCUT2D eigenvalue weighted by molar-refractivity contribution is -0.113. The van der Waals surface area contributed by atoms with Crippen molar-refractivity contribution in [1.29, 1.82) is 0 Å². The molecule has 0 saturated heterocycles. The van der Waals surface area contributed by atoms with Crippen LogP contribution in [0.25, 0.3) is 0 Å². The first-order valence-electron chi connectivity index (χ1n) is 9.62. The van der Waals surface area contributed by atoms with Crippen LogP contribution in [0.2, 0.25) is 0 Å². The van der Waals surface area contributed by atoms with E-state index in [-0.39, 0.29) is 11.7 Å². The molecule has 0 saturated carbocycles. The molecule has 0 aliphatic rings. The number of carbonyl (C=O) groups excluding carboxylic acids is 1. The highest BCUT2D eigenvalue weighted by molar-refractivity contribution is 8.01. The van der Waals surface area contributed by atoms with E-state index in [4.69, 9.17) is 0 Å². The van der Waals surface area contributed by atoms with Crippen LogP contribution >= 0.6 is 34.9 Å². The van der Waals surface area contributed by atoms with Gasteiger partial charge in [0.1, 0.15) is 0 Å². The number of nitrogens with zero attached hydrogens (tertiary/aromatic N) is 2. The molecular weight excluding hydrogens is 444 g/mol. The molecular formula is C23H20N4OS3. The number of nitrogens with one attached hydrogen (secondary N) is 2. The van der Waals surface area contributed by atoms with Crippen molar-refractivity contribution in [3.63, 3.8) is 0 Å². The monoisotopic (exact) mass is 464 g/mol. The SMILES string of the molecule is O=C(CSc1nnc(NCc2ccccc2)s1)Nc1ccccc1Sc1ccccc1. The van der Waals surface area contributed by atoms with E-state index in [2.05, 4.69) is 45.1 Å². The predicted molar refractivity (Wildman–Crippen MR) is 130 cm³/mol. The third-order valence-electron chi connectivity index (χ3n) is 4.15. The van der Waals surface area contributed by atoms with Crippen molar-refractivity contribution in [3.8, 4) is 0 Å². The first-order valence-corrected chi connectivity index (χ1v) is 12.2. The fraction of sp³-hybridized carbons (Fsp3) is 0.0870. The van der Waals surface area contributed by atoms with Gasteiger partial charge in [-0.25, -0.2) is 0 Å². The van der Waals surface area contributed by atoms with Crippen LogP contribution in [0, 0.1) is 0 Å². The highest BCUT2D eigenvalue weighted by atomic mass is 32.2. The Bertz CT molecular complexity index is 1120. The molecule has 0 spiro atoms. The molecule has 1 aromatic heterocycles. The van der Waals surface area contributed by atoms with Crippen LogP contribution in [0.15, 0.2) is 99.1 Å². The molecule has 0 bridgehead atoms. The molecule has 0 unspecified atom stereocenters. The number of rotatable bonds is 9. The van der Waals surface area contributed by atoms with E-state index in [1.165, 1.54) is 28.7 Å². The summed E-state index contributed by atoms with van der Waals surface area (Å²) in [5.41, 5.74) is 1.99. The highest BCUT2D eigenvalue weighted by Crippen LogP contribution is 2.33. The number of benzene rings is 3. The quantitative estimate of drug-likeness (QED) is 0.295. The normalized spacial score (nSPS) is 10.6. The van der Waals surface area contributed by atoms with Crippen LogP contribution < -0.4 is 10.6 Å². The van der Waals surface area contributed by atoms with Gasteiger partial charge in [-0.3, -0.25) is 4.79 Å². The number of hydrogen-bond acceptors (Lipinski definition) is 7. The van der Waals surface area contributed by atoms with Crippen LogP contribution in [0.3, 0.4) is 0 Å². The van der Waals surface area contributed by atoms with Crippen molar-refractivity contribution in [3.05, 3.63) is 90.5 Å². The van der Waals surface area contributed by atoms with Crippen LogP contribution in [-0.4, -0.2) is 21.9 Å². The Morgan fingerprint density at radius 1 is 0.871 bits per heavy atom. The number of amides is 1. The number of aromatic nitrogens is 2. The Labute approximate surface area is 193 Å². The van der Waals surface area contributed by atoms with Gasteiger partial charge in [0, 0.05) is 16.3 Å². The van der Waals surface area contributed by atoms with Gasteiger partial charge in [0.15, 0.2) is 4.34 Å². The van der Waals surface area contributed by atoms with E-state index in [1.54, 1.807) is 11.8 Å². The number of carbonyl (C=O) groups is 1. The van der Waals surface area contributed by atoms with Gasteiger partial charge in [-0.05, 0) is 29.8 Å². The number of hydrogen-bond donors (Lipinski definition) is 2. The lowest BCUT2D eigenvalue weighted by atomic mass is 10.2. The van der Waals surface area contributed by atoms with Crippen molar-refractivity contribution < 1.29 is 4.79 Å². The smallest absolute Gasteiger partial charge is 0.234 e. The zero-order valence-corrected chi connectivity index (χ0v) is 19.0. The van der Waals surface area contributed by atoms with E-state index in [0.29, 0.717) is 6.54 Å². The third-order valence-corrected chi connectivity index (χ3v) is 7.25. The lowest BCUT2D eigenvalue weighted by Crippen LogP contribution is -2.14. The van der Waals surface area contributed by atoms with E-state index < -0.39 is 0 Å². The van der Waals surface area contributed by atoms with Crippen molar-refractivity contribution in [2.45, 2.75) is 20.7 Å². The summed E-state index contributed by atoms with van der Waals surface area (Å²) in [7, 11) is 0. The number of thioether (sulfide) groups is 1. The number of anilines is 2. The first-order chi connectivity index (χ1) is 15.3. The topological polar surface area (TPSA) is 66.9 Å². The third kappa shape index (κ3) is 6.58. The van der Waals surface area contributed by atoms with E-state index >= 15 is 0 Å². The Morgan fingerprint density at radius 2 is 1.58 bits per heavy atom. The van der Waals surface area contributed by atoms with Gasteiger partial charge >= 0.3 is 0 Å². The molecule has 31 heavy (non-hydrogen) atoms. The van der Waals surface area contributed by atoms with Crippen LogP contribution in [0.1, 0.15) is 5.56 Å². The maximum Gasteiger partial charge on any atom is 0.234 e. The van der Waals surface area contributed by atoms with Crippen molar-refractivity contribution >= 4 is 51.6 Å². The first kappa shape index (κ1) is 21.4. The summed E-state index contributed by atoms with van der Waals surface area (Å²) < 4.78 is 0.762. The molecule has 2 N–H and O–H groups in total. The fourth-order valence-corrected chi connectivity index (χ4v) is 5.17. The molecule has 0 radical (unpaired) electrons. The summed E-state index contributed by atoms with van der Waals surface area (Å²) in [6, 6.07) is 28.1. The molecule has 1 amide bonds. The summed E-state index contributed by atoms with van der Waals surface area (Å²) in [6.07, 6.45) is 0.